The lowest BCUT2D eigenvalue weighted by Gasteiger charge is -2.47. The molecule has 4 aliphatic carbocycles. The molecule has 27 heavy (non-hydrogen) atoms. The van der Waals surface area contributed by atoms with E-state index in [0.717, 1.165) is 18.2 Å². The van der Waals surface area contributed by atoms with E-state index in [2.05, 4.69) is 41.7 Å². The fraction of sp³-hybridized carbons (Fsp3) is 0.600. The van der Waals surface area contributed by atoms with Crippen molar-refractivity contribution in [3.05, 3.63) is 42.0 Å². The topological polar surface area (TPSA) is 21.3 Å². The van der Waals surface area contributed by atoms with Crippen LogP contribution in [0.15, 0.2) is 36.4 Å². The predicted molar refractivity (Wildman–Crippen MR) is 112 cm³/mol. The molecule has 0 aliphatic heterocycles. The molecule has 0 amide bonds. The molecular weight excluding hydrogens is 330 g/mol. The molecule has 2 aromatic carbocycles. The monoisotopic (exact) mass is 363 g/mol. The van der Waals surface area contributed by atoms with Gasteiger partial charge in [0, 0.05) is 12.1 Å². The molecule has 4 saturated carbocycles. The van der Waals surface area contributed by atoms with E-state index in [1.54, 1.807) is 0 Å². The van der Waals surface area contributed by atoms with Crippen molar-refractivity contribution >= 4 is 10.8 Å². The Morgan fingerprint density at radius 2 is 1.52 bits per heavy atom. The average Bonchev–Trinajstić information content (AvgIpc) is 2.74. The molecule has 6 rings (SSSR count). The molecule has 4 aliphatic rings. The van der Waals surface area contributed by atoms with E-state index in [1.807, 2.05) is 0 Å². The first-order valence-electron chi connectivity index (χ1n) is 11.2. The van der Waals surface area contributed by atoms with Crippen molar-refractivity contribution in [3.63, 3.8) is 0 Å². The third-order valence-corrected chi connectivity index (χ3v) is 7.49. The summed E-state index contributed by atoms with van der Waals surface area (Å²) in [5.74, 6) is 2.07. The maximum atomic E-state index is 6.24. The van der Waals surface area contributed by atoms with E-state index >= 15 is 0 Å². The number of rotatable bonds is 5. The first-order valence-corrected chi connectivity index (χ1v) is 11.2. The summed E-state index contributed by atoms with van der Waals surface area (Å²) in [5, 5.41) is 6.57. The second kappa shape index (κ2) is 7.47. The smallest absolute Gasteiger partial charge is 0.120 e. The number of hydrogen-bond acceptors (Lipinski definition) is 2. The van der Waals surface area contributed by atoms with Gasteiger partial charge in [-0.05, 0) is 105 Å². The SMILES string of the molecule is c1cc2cc(OC3CCCCC3)ccc2cc1CNC12CCC(CC1)CC2. The molecule has 2 nitrogen and oxygen atoms in total. The Labute approximate surface area is 163 Å². The van der Waals surface area contributed by atoms with Gasteiger partial charge in [0.2, 0.25) is 0 Å². The van der Waals surface area contributed by atoms with Gasteiger partial charge in [0.05, 0.1) is 6.10 Å². The van der Waals surface area contributed by atoms with Gasteiger partial charge in [-0.1, -0.05) is 24.6 Å². The van der Waals surface area contributed by atoms with Crippen LogP contribution in [0.5, 0.6) is 5.75 Å². The summed E-state index contributed by atoms with van der Waals surface area (Å²) in [4.78, 5) is 0. The van der Waals surface area contributed by atoms with E-state index in [-0.39, 0.29) is 0 Å². The van der Waals surface area contributed by atoms with E-state index in [4.69, 9.17) is 4.74 Å². The molecule has 0 spiro atoms. The molecule has 2 heteroatoms. The summed E-state index contributed by atoms with van der Waals surface area (Å²) < 4.78 is 6.24. The van der Waals surface area contributed by atoms with Gasteiger partial charge in [0.25, 0.3) is 0 Å². The lowest BCUT2D eigenvalue weighted by Crippen LogP contribution is -2.51. The van der Waals surface area contributed by atoms with Crippen LogP contribution in [0.4, 0.5) is 0 Å². The van der Waals surface area contributed by atoms with Gasteiger partial charge in [-0.15, -0.1) is 0 Å². The highest BCUT2D eigenvalue weighted by atomic mass is 16.5. The van der Waals surface area contributed by atoms with Gasteiger partial charge < -0.3 is 10.1 Å². The van der Waals surface area contributed by atoms with E-state index in [9.17, 15) is 0 Å². The molecule has 0 atom stereocenters. The highest BCUT2D eigenvalue weighted by Gasteiger charge is 2.39. The average molecular weight is 364 g/mol. The summed E-state index contributed by atoms with van der Waals surface area (Å²) >= 11 is 0. The minimum atomic E-state index is 0.421. The Bertz CT molecular complexity index is 770. The summed E-state index contributed by atoms with van der Waals surface area (Å²) in [6.45, 7) is 1.00. The van der Waals surface area contributed by atoms with E-state index < -0.39 is 0 Å². The van der Waals surface area contributed by atoms with Crippen LogP contribution < -0.4 is 10.1 Å². The van der Waals surface area contributed by atoms with Gasteiger partial charge >= 0.3 is 0 Å². The Morgan fingerprint density at radius 1 is 0.815 bits per heavy atom. The second-order valence-electron chi connectivity index (χ2n) is 9.34. The summed E-state index contributed by atoms with van der Waals surface area (Å²) in [5.41, 5.74) is 1.84. The fourth-order valence-electron chi connectivity index (χ4n) is 5.64. The van der Waals surface area contributed by atoms with Crippen molar-refractivity contribution in [1.82, 2.24) is 5.32 Å². The maximum absolute atomic E-state index is 6.24. The van der Waals surface area contributed by atoms with Crippen LogP contribution >= 0.6 is 0 Å². The van der Waals surface area contributed by atoms with Crippen LogP contribution in [0, 0.1) is 5.92 Å². The zero-order chi connectivity index (χ0) is 18.1. The third kappa shape index (κ3) is 3.87. The van der Waals surface area contributed by atoms with E-state index in [0.29, 0.717) is 11.6 Å². The Kier molecular flexibility index (Phi) is 4.85. The molecule has 0 unspecified atom stereocenters. The molecule has 144 valence electrons. The zero-order valence-corrected chi connectivity index (χ0v) is 16.5. The van der Waals surface area contributed by atoms with Crippen LogP contribution in [0.2, 0.25) is 0 Å². The Morgan fingerprint density at radius 3 is 2.30 bits per heavy atom. The first-order chi connectivity index (χ1) is 13.3. The van der Waals surface area contributed by atoms with Crippen LogP contribution in [-0.4, -0.2) is 11.6 Å². The van der Waals surface area contributed by atoms with Crippen LogP contribution in [-0.2, 0) is 6.54 Å². The van der Waals surface area contributed by atoms with Crippen molar-refractivity contribution < 1.29 is 4.74 Å². The molecule has 2 bridgehead atoms. The van der Waals surface area contributed by atoms with Gasteiger partial charge in [-0.3, -0.25) is 0 Å². The van der Waals surface area contributed by atoms with Crippen LogP contribution in [0.25, 0.3) is 10.8 Å². The van der Waals surface area contributed by atoms with Gasteiger partial charge in [0.1, 0.15) is 5.75 Å². The number of hydrogen-bond donors (Lipinski definition) is 1. The molecule has 0 radical (unpaired) electrons. The molecular formula is C25H33NO. The number of nitrogens with one attached hydrogen (secondary N) is 1. The number of ether oxygens (including phenoxy) is 1. The highest BCUT2D eigenvalue weighted by molar-refractivity contribution is 5.84. The molecule has 0 heterocycles. The Balaban J connectivity index is 1.25. The van der Waals surface area contributed by atoms with Crippen molar-refractivity contribution in [2.45, 2.75) is 88.8 Å². The molecule has 0 saturated heterocycles. The lowest BCUT2D eigenvalue weighted by atomic mass is 9.66. The van der Waals surface area contributed by atoms with Crippen molar-refractivity contribution in [2.75, 3.05) is 0 Å². The summed E-state index contributed by atoms with van der Waals surface area (Å²) in [6, 6.07) is 13.6. The minimum absolute atomic E-state index is 0.421. The zero-order valence-electron chi connectivity index (χ0n) is 16.5. The molecule has 1 N–H and O–H groups in total. The van der Waals surface area contributed by atoms with Crippen LogP contribution in [0.1, 0.15) is 76.2 Å². The quantitative estimate of drug-likeness (QED) is 0.667. The van der Waals surface area contributed by atoms with Gasteiger partial charge in [0.15, 0.2) is 0 Å². The third-order valence-electron chi connectivity index (χ3n) is 7.49. The predicted octanol–water partition coefficient (Wildman–Crippen LogP) is 6.36. The van der Waals surface area contributed by atoms with Crippen molar-refractivity contribution in [1.29, 1.82) is 0 Å². The largest absolute Gasteiger partial charge is 0.490 e. The Hall–Kier alpha value is -1.54. The highest BCUT2D eigenvalue weighted by Crippen LogP contribution is 2.44. The first kappa shape index (κ1) is 17.6. The van der Waals surface area contributed by atoms with Crippen LogP contribution in [0.3, 0.4) is 0 Å². The molecule has 4 fully saturated rings. The van der Waals surface area contributed by atoms with E-state index in [1.165, 1.54) is 87.0 Å². The second-order valence-corrected chi connectivity index (χ2v) is 9.34. The molecule has 0 aromatic heterocycles. The summed E-state index contributed by atoms with van der Waals surface area (Å²) in [6.07, 6.45) is 15.3. The van der Waals surface area contributed by atoms with Gasteiger partial charge in [-0.25, -0.2) is 0 Å². The maximum Gasteiger partial charge on any atom is 0.120 e. The fourth-order valence-corrected chi connectivity index (χ4v) is 5.64. The van der Waals surface area contributed by atoms with Crippen molar-refractivity contribution in [2.24, 2.45) is 5.92 Å². The molecule has 2 aromatic rings. The standard InChI is InChI=1S/C25H33NO/c1-2-4-23(5-3-1)27-24-9-8-21-16-20(6-7-22(21)17-24)18-26-25-13-10-19(11-14-25)12-15-25/h6-9,16-17,19,23,26H,1-5,10-15,18H2. The van der Waals surface area contributed by atoms with Crippen molar-refractivity contribution in [3.8, 4) is 5.75 Å². The number of fused-ring (bicyclic) bond motifs is 4. The normalized spacial score (nSPS) is 28.5. The lowest BCUT2D eigenvalue weighted by molar-refractivity contribution is 0.104. The minimum Gasteiger partial charge on any atom is -0.490 e. The number of benzene rings is 2. The van der Waals surface area contributed by atoms with Gasteiger partial charge in [-0.2, -0.15) is 0 Å². The summed E-state index contributed by atoms with van der Waals surface area (Å²) in [7, 11) is 0.